The molecular formula is C11H22N4O. The zero-order valence-corrected chi connectivity index (χ0v) is 9.94. The monoisotopic (exact) mass is 226 g/mol. The molecule has 0 aliphatic heterocycles. The van der Waals surface area contributed by atoms with E-state index in [0.29, 0.717) is 6.54 Å². The number of nitrogens with one attached hydrogen (secondary N) is 3. The molecule has 1 saturated carbocycles. The molecular weight excluding hydrogens is 204 g/mol. The summed E-state index contributed by atoms with van der Waals surface area (Å²) in [5, 5.41) is 13.2. The minimum absolute atomic E-state index is 0.0793. The van der Waals surface area contributed by atoms with Crippen molar-refractivity contribution in [3.8, 4) is 0 Å². The third kappa shape index (κ3) is 3.12. The van der Waals surface area contributed by atoms with Crippen molar-refractivity contribution in [1.82, 2.24) is 10.6 Å². The minimum atomic E-state index is -0.587. The Morgan fingerprint density at radius 1 is 1.44 bits per heavy atom. The van der Waals surface area contributed by atoms with Crippen LogP contribution in [0.2, 0.25) is 0 Å². The van der Waals surface area contributed by atoms with Gasteiger partial charge in [0, 0.05) is 6.54 Å². The molecule has 1 fully saturated rings. The van der Waals surface area contributed by atoms with E-state index in [4.69, 9.17) is 11.1 Å². The maximum absolute atomic E-state index is 11.6. The summed E-state index contributed by atoms with van der Waals surface area (Å²) >= 11 is 0. The number of hydrogen-bond donors (Lipinski definition) is 4. The van der Waals surface area contributed by atoms with Crippen LogP contribution in [0.25, 0.3) is 0 Å². The highest BCUT2D eigenvalue weighted by Gasteiger charge is 2.38. The Hall–Kier alpha value is -1.26. The number of rotatable bonds is 5. The summed E-state index contributed by atoms with van der Waals surface area (Å²) in [6.45, 7) is 2.75. The van der Waals surface area contributed by atoms with Crippen LogP contribution in [0.15, 0.2) is 0 Å². The predicted molar refractivity (Wildman–Crippen MR) is 64.6 cm³/mol. The zero-order valence-electron chi connectivity index (χ0n) is 9.94. The van der Waals surface area contributed by atoms with E-state index >= 15 is 0 Å². The van der Waals surface area contributed by atoms with Gasteiger partial charge in [0.25, 0.3) is 0 Å². The molecule has 0 radical (unpaired) electrons. The molecule has 0 aromatic rings. The highest BCUT2D eigenvalue weighted by molar-refractivity contribution is 5.92. The van der Waals surface area contributed by atoms with Crippen LogP contribution in [0.1, 0.15) is 45.4 Å². The van der Waals surface area contributed by atoms with Gasteiger partial charge < -0.3 is 16.4 Å². The van der Waals surface area contributed by atoms with Gasteiger partial charge in [0.15, 0.2) is 0 Å². The van der Waals surface area contributed by atoms with E-state index in [1.54, 1.807) is 0 Å². The van der Waals surface area contributed by atoms with E-state index in [1.165, 1.54) is 0 Å². The first-order chi connectivity index (χ1) is 7.60. The Labute approximate surface area is 96.7 Å². The minimum Gasteiger partial charge on any atom is -0.386 e. The second-order valence-electron chi connectivity index (χ2n) is 4.44. The van der Waals surface area contributed by atoms with Gasteiger partial charge in [-0.15, -0.1) is 0 Å². The molecule has 5 heteroatoms. The zero-order chi connectivity index (χ0) is 12.0. The second kappa shape index (κ2) is 5.72. The van der Waals surface area contributed by atoms with Gasteiger partial charge in [-0.1, -0.05) is 26.2 Å². The number of amides is 2. The summed E-state index contributed by atoms with van der Waals surface area (Å²) in [5.41, 5.74) is 4.99. The molecule has 5 nitrogen and oxygen atoms in total. The van der Waals surface area contributed by atoms with Crippen molar-refractivity contribution < 1.29 is 4.79 Å². The predicted octanol–water partition coefficient (Wildman–Crippen LogP) is 1.33. The lowest BCUT2D eigenvalue weighted by Crippen LogP contribution is -2.57. The van der Waals surface area contributed by atoms with Crippen LogP contribution in [0.5, 0.6) is 0 Å². The van der Waals surface area contributed by atoms with Crippen LogP contribution in [0, 0.1) is 5.41 Å². The van der Waals surface area contributed by atoms with Crippen LogP contribution < -0.4 is 16.4 Å². The van der Waals surface area contributed by atoms with E-state index in [9.17, 15) is 4.79 Å². The van der Waals surface area contributed by atoms with Crippen LogP contribution in [-0.2, 0) is 0 Å². The van der Waals surface area contributed by atoms with Crippen molar-refractivity contribution in [2.24, 2.45) is 5.73 Å². The Balaban J connectivity index is 2.43. The van der Waals surface area contributed by atoms with Gasteiger partial charge in [-0.3, -0.25) is 5.41 Å². The molecule has 1 rings (SSSR count). The first-order valence-electron chi connectivity index (χ1n) is 6.01. The van der Waals surface area contributed by atoms with Gasteiger partial charge in [0.2, 0.25) is 0 Å². The number of nitrogens with two attached hydrogens (primary N) is 1. The Kier molecular flexibility index (Phi) is 4.58. The van der Waals surface area contributed by atoms with Gasteiger partial charge in [0.1, 0.15) is 5.84 Å². The first kappa shape index (κ1) is 12.8. The summed E-state index contributed by atoms with van der Waals surface area (Å²) in [6, 6.07) is -0.203. The average molecular weight is 226 g/mol. The van der Waals surface area contributed by atoms with Crippen molar-refractivity contribution in [3.05, 3.63) is 0 Å². The van der Waals surface area contributed by atoms with Gasteiger partial charge in [0.05, 0.1) is 5.54 Å². The maximum atomic E-state index is 11.6. The molecule has 0 atom stereocenters. The summed E-state index contributed by atoms with van der Waals surface area (Å²) in [5.74, 6) is 0.0793. The molecule has 0 heterocycles. The maximum Gasteiger partial charge on any atom is 0.315 e. The van der Waals surface area contributed by atoms with Crippen LogP contribution in [-0.4, -0.2) is 24.0 Å². The van der Waals surface area contributed by atoms with E-state index in [0.717, 1.165) is 38.5 Å². The molecule has 0 saturated heterocycles. The SMILES string of the molecule is CCCCNC(=O)NC1(C(=N)N)CCCC1. The quantitative estimate of drug-likeness (QED) is 0.323. The third-order valence-electron chi connectivity index (χ3n) is 3.14. The standard InChI is InChI=1S/C11H22N4O/c1-2-3-8-14-10(16)15-11(9(12)13)6-4-5-7-11/h2-8H2,1H3,(H3,12,13)(H2,14,15,16). The topological polar surface area (TPSA) is 91.0 Å². The lowest BCUT2D eigenvalue weighted by atomic mass is 9.96. The van der Waals surface area contributed by atoms with Crippen molar-refractivity contribution in [1.29, 1.82) is 5.41 Å². The Morgan fingerprint density at radius 2 is 2.06 bits per heavy atom. The third-order valence-corrected chi connectivity index (χ3v) is 3.14. The van der Waals surface area contributed by atoms with Gasteiger partial charge in [-0.2, -0.15) is 0 Å². The smallest absolute Gasteiger partial charge is 0.315 e. The molecule has 1 aliphatic rings. The molecule has 1 aliphatic carbocycles. The summed E-state index contributed by atoms with van der Waals surface area (Å²) in [4.78, 5) is 11.6. The molecule has 0 aromatic heterocycles. The van der Waals surface area contributed by atoms with E-state index < -0.39 is 5.54 Å². The number of hydrogen-bond acceptors (Lipinski definition) is 2. The fourth-order valence-electron chi connectivity index (χ4n) is 2.08. The number of amidine groups is 1. The number of carbonyl (C=O) groups is 1. The largest absolute Gasteiger partial charge is 0.386 e. The fourth-order valence-corrected chi connectivity index (χ4v) is 2.08. The summed E-state index contributed by atoms with van der Waals surface area (Å²) in [7, 11) is 0. The van der Waals surface area contributed by atoms with E-state index in [-0.39, 0.29) is 11.9 Å². The molecule has 2 amide bonds. The number of unbranched alkanes of at least 4 members (excludes halogenated alkanes) is 1. The highest BCUT2D eigenvalue weighted by Crippen LogP contribution is 2.29. The van der Waals surface area contributed by atoms with E-state index in [2.05, 4.69) is 17.6 Å². The van der Waals surface area contributed by atoms with Gasteiger partial charge in [-0.05, 0) is 19.3 Å². The molecule has 0 aromatic carbocycles. The van der Waals surface area contributed by atoms with Gasteiger partial charge >= 0.3 is 6.03 Å². The molecule has 5 N–H and O–H groups in total. The Morgan fingerprint density at radius 3 is 2.56 bits per heavy atom. The molecule has 0 bridgehead atoms. The molecule has 92 valence electrons. The molecule has 16 heavy (non-hydrogen) atoms. The number of carbonyl (C=O) groups excluding carboxylic acids is 1. The Bertz CT molecular complexity index is 259. The number of urea groups is 1. The molecule has 0 spiro atoms. The van der Waals surface area contributed by atoms with Gasteiger partial charge in [-0.25, -0.2) is 4.79 Å². The second-order valence-corrected chi connectivity index (χ2v) is 4.44. The van der Waals surface area contributed by atoms with Crippen LogP contribution in [0.3, 0.4) is 0 Å². The summed E-state index contributed by atoms with van der Waals surface area (Å²) in [6.07, 6.45) is 5.63. The van der Waals surface area contributed by atoms with Crippen LogP contribution in [0.4, 0.5) is 4.79 Å². The van der Waals surface area contributed by atoms with Crippen molar-refractivity contribution >= 4 is 11.9 Å². The van der Waals surface area contributed by atoms with Crippen molar-refractivity contribution in [2.45, 2.75) is 51.0 Å². The van der Waals surface area contributed by atoms with Crippen molar-refractivity contribution in [3.63, 3.8) is 0 Å². The van der Waals surface area contributed by atoms with Crippen molar-refractivity contribution in [2.75, 3.05) is 6.54 Å². The lowest BCUT2D eigenvalue weighted by molar-refractivity contribution is 0.233. The lowest BCUT2D eigenvalue weighted by Gasteiger charge is -2.28. The normalized spacial score (nSPS) is 18.1. The summed E-state index contributed by atoms with van der Waals surface area (Å²) < 4.78 is 0. The fraction of sp³-hybridized carbons (Fsp3) is 0.818. The van der Waals surface area contributed by atoms with E-state index in [1.807, 2.05) is 0 Å². The van der Waals surface area contributed by atoms with Crippen LogP contribution >= 0.6 is 0 Å². The first-order valence-corrected chi connectivity index (χ1v) is 6.01. The molecule has 0 unspecified atom stereocenters. The highest BCUT2D eigenvalue weighted by atomic mass is 16.2. The average Bonchev–Trinajstić information content (AvgIpc) is 2.68.